The molecule has 3 aromatic rings. The summed E-state index contributed by atoms with van der Waals surface area (Å²) in [5.41, 5.74) is 2.61. The summed E-state index contributed by atoms with van der Waals surface area (Å²) in [4.78, 5) is 16.5. The summed E-state index contributed by atoms with van der Waals surface area (Å²) in [5.74, 6) is -0.204. The number of nitrogens with one attached hydrogen (secondary N) is 2. The minimum atomic E-state index is -0.481. The molecule has 0 saturated carbocycles. The molecule has 0 aliphatic carbocycles. The van der Waals surface area contributed by atoms with E-state index >= 15 is 0 Å². The number of hydrogen-bond donors (Lipinski definition) is 2. The molecule has 2 aromatic carbocycles. The zero-order valence-electron chi connectivity index (χ0n) is 14.4. The van der Waals surface area contributed by atoms with Crippen LogP contribution >= 0.6 is 0 Å². The van der Waals surface area contributed by atoms with Crippen molar-refractivity contribution in [1.82, 2.24) is 4.98 Å². The van der Waals surface area contributed by atoms with E-state index in [1.54, 1.807) is 30.5 Å². The molecule has 1 aromatic heterocycles. The lowest BCUT2D eigenvalue weighted by Crippen LogP contribution is -2.20. The van der Waals surface area contributed by atoms with Gasteiger partial charge in [-0.15, -0.1) is 0 Å². The third-order valence-electron chi connectivity index (χ3n) is 3.89. The van der Waals surface area contributed by atoms with Gasteiger partial charge >= 0.3 is 6.03 Å². The summed E-state index contributed by atoms with van der Waals surface area (Å²) in [5, 5.41) is 5.47. The Morgan fingerprint density at radius 3 is 2.50 bits per heavy atom. The van der Waals surface area contributed by atoms with Crippen LogP contribution < -0.4 is 15.4 Å². The van der Waals surface area contributed by atoms with Gasteiger partial charge < -0.3 is 15.4 Å². The van der Waals surface area contributed by atoms with Crippen LogP contribution in [-0.4, -0.2) is 18.1 Å². The van der Waals surface area contributed by atoms with Crippen molar-refractivity contribution in [2.45, 2.75) is 6.92 Å². The number of anilines is 2. The highest BCUT2D eigenvalue weighted by atomic mass is 19.1. The first kappa shape index (κ1) is 17.4. The molecule has 6 heteroatoms. The summed E-state index contributed by atoms with van der Waals surface area (Å²) < 4.78 is 19.8. The monoisotopic (exact) mass is 351 g/mol. The van der Waals surface area contributed by atoms with Crippen molar-refractivity contribution in [3.63, 3.8) is 0 Å². The minimum absolute atomic E-state index is 0.220. The molecule has 0 fully saturated rings. The van der Waals surface area contributed by atoms with Crippen LogP contribution in [-0.2, 0) is 0 Å². The number of carbonyl (C=O) groups is 1. The molecule has 0 aliphatic heterocycles. The van der Waals surface area contributed by atoms with E-state index in [1.807, 2.05) is 25.1 Å². The largest absolute Gasteiger partial charge is 0.481 e. The lowest BCUT2D eigenvalue weighted by Gasteiger charge is -2.15. The Balaban J connectivity index is 1.93. The van der Waals surface area contributed by atoms with Crippen LogP contribution in [0.3, 0.4) is 0 Å². The third-order valence-corrected chi connectivity index (χ3v) is 3.89. The van der Waals surface area contributed by atoms with Crippen molar-refractivity contribution >= 4 is 17.4 Å². The number of urea groups is 1. The van der Waals surface area contributed by atoms with Gasteiger partial charge in [-0.1, -0.05) is 24.3 Å². The van der Waals surface area contributed by atoms with Crippen molar-refractivity contribution in [2.75, 3.05) is 17.7 Å². The number of methoxy groups -OCH3 is 1. The maximum Gasteiger partial charge on any atom is 0.323 e. The molecule has 0 bridgehead atoms. The molecule has 0 radical (unpaired) electrons. The van der Waals surface area contributed by atoms with Crippen LogP contribution in [0.15, 0.2) is 60.8 Å². The Bertz CT molecular complexity index is 944. The molecule has 2 N–H and O–H groups in total. The van der Waals surface area contributed by atoms with Crippen molar-refractivity contribution in [1.29, 1.82) is 0 Å². The van der Waals surface area contributed by atoms with E-state index in [2.05, 4.69) is 15.6 Å². The van der Waals surface area contributed by atoms with E-state index in [9.17, 15) is 9.18 Å². The first-order chi connectivity index (χ1) is 12.6. The number of pyridine rings is 1. The van der Waals surface area contributed by atoms with Crippen LogP contribution in [0.2, 0.25) is 0 Å². The predicted molar refractivity (Wildman–Crippen MR) is 100 cm³/mol. The standard InChI is InChI=1S/C20H18FN3O2/c1-13-7-3-4-10-16(13)23-20(25)24-17-11-5-9-15(21)18(17)14-8-6-12-22-19(14)26-2/h3-12H,1-2H3,(H2,23,24,25). The molecular formula is C20H18FN3O2. The van der Waals surface area contributed by atoms with E-state index in [-0.39, 0.29) is 11.4 Å². The smallest absolute Gasteiger partial charge is 0.323 e. The number of hydrogen-bond acceptors (Lipinski definition) is 3. The molecule has 5 nitrogen and oxygen atoms in total. The van der Waals surface area contributed by atoms with Crippen LogP contribution in [0.1, 0.15) is 5.56 Å². The molecule has 0 atom stereocenters. The quantitative estimate of drug-likeness (QED) is 0.706. The number of benzene rings is 2. The van der Waals surface area contributed by atoms with Gasteiger partial charge in [-0.05, 0) is 42.8 Å². The highest BCUT2D eigenvalue weighted by Gasteiger charge is 2.17. The van der Waals surface area contributed by atoms with E-state index in [0.29, 0.717) is 16.9 Å². The van der Waals surface area contributed by atoms with Gasteiger partial charge in [0.2, 0.25) is 5.88 Å². The van der Waals surface area contributed by atoms with E-state index < -0.39 is 11.8 Å². The Morgan fingerprint density at radius 2 is 1.73 bits per heavy atom. The fourth-order valence-corrected chi connectivity index (χ4v) is 2.63. The predicted octanol–water partition coefficient (Wildman–Crippen LogP) is 4.85. The topological polar surface area (TPSA) is 63.2 Å². The van der Waals surface area contributed by atoms with Gasteiger partial charge in [0.25, 0.3) is 0 Å². The number of aromatic nitrogens is 1. The molecule has 3 rings (SSSR count). The maximum absolute atomic E-state index is 14.5. The summed E-state index contributed by atoms with van der Waals surface area (Å²) in [6, 6.07) is 14.8. The molecule has 26 heavy (non-hydrogen) atoms. The Kier molecular flexibility index (Phi) is 5.12. The number of ether oxygens (including phenoxy) is 1. The second kappa shape index (κ2) is 7.65. The molecule has 1 heterocycles. The number of carbonyl (C=O) groups excluding carboxylic acids is 1. The van der Waals surface area contributed by atoms with E-state index in [4.69, 9.17) is 4.74 Å². The van der Waals surface area contributed by atoms with Crippen molar-refractivity contribution in [3.8, 4) is 17.0 Å². The molecule has 0 aliphatic rings. The summed E-state index contributed by atoms with van der Waals surface area (Å²) in [7, 11) is 1.46. The second-order valence-electron chi connectivity index (χ2n) is 5.62. The van der Waals surface area contributed by atoms with E-state index in [1.165, 1.54) is 19.2 Å². The third kappa shape index (κ3) is 3.64. The minimum Gasteiger partial charge on any atom is -0.481 e. The average molecular weight is 351 g/mol. The number of halogens is 1. The Labute approximate surface area is 150 Å². The SMILES string of the molecule is COc1ncccc1-c1c(F)cccc1NC(=O)Nc1ccccc1C. The number of amides is 2. The summed E-state index contributed by atoms with van der Waals surface area (Å²) in [6.07, 6.45) is 1.56. The Hall–Kier alpha value is -3.41. The Morgan fingerprint density at radius 1 is 1.00 bits per heavy atom. The fourth-order valence-electron chi connectivity index (χ4n) is 2.63. The van der Waals surface area contributed by atoms with Gasteiger partial charge in [-0.2, -0.15) is 0 Å². The highest BCUT2D eigenvalue weighted by molar-refractivity contribution is 6.03. The molecule has 2 amide bonds. The number of aryl methyl sites for hydroxylation is 1. The number of para-hydroxylation sites is 1. The highest BCUT2D eigenvalue weighted by Crippen LogP contribution is 2.35. The lowest BCUT2D eigenvalue weighted by atomic mass is 10.0. The molecule has 0 unspecified atom stereocenters. The first-order valence-corrected chi connectivity index (χ1v) is 8.01. The van der Waals surface area contributed by atoms with E-state index in [0.717, 1.165) is 5.56 Å². The average Bonchev–Trinajstić information content (AvgIpc) is 2.64. The number of nitrogens with zero attached hydrogens (tertiary/aromatic N) is 1. The molecule has 0 saturated heterocycles. The van der Waals surface area contributed by atoms with Gasteiger partial charge in [0.1, 0.15) is 5.82 Å². The molecule has 0 spiro atoms. The summed E-state index contributed by atoms with van der Waals surface area (Å²) >= 11 is 0. The first-order valence-electron chi connectivity index (χ1n) is 8.01. The van der Waals surface area contributed by atoms with Gasteiger partial charge in [-0.25, -0.2) is 14.2 Å². The van der Waals surface area contributed by atoms with Gasteiger partial charge in [0.05, 0.1) is 12.8 Å². The molecular weight excluding hydrogens is 333 g/mol. The normalized spacial score (nSPS) is 10.3. The van der Waals surface area contributed by atoms with Crippen molar-refractivity contribution in [2.24, 2.45) is 0 Å². The van der Waals surface area contributed by atoms with Gasteiger partial charge in [-0.3, -0.25) is 0 Å². The van der Waals surface area contributed by atoms with Crippen LogP contribution in [0.25, 0.3) is 11.1 Å². The number of rotatable bonds is 4. The van der Waals surface area contributed by atoms with Crippen LogP contribution in [0.5, 0.6) is 5.88 Å². The van der Waals surface area contributed by atoms with Crippen LogP contribution in [0.4, 0.5) is 20.6 Å². The molecule has 132 valence electrons. The second-order valence-corrected chi connectivity index (χ2v) is 5.62. The van der Waals surface area contributed by atoms with Crippen LogP contribution in [0, 0.1) is 12.7 Å². The van der Waals surface area contributed by atoms with Crippen molar-refractivity contribution < 1.29 is 13.9 Å². The maximum atomic E-state index is 14.5. The van der Waals surface area contributed by atoms with Gasteiger partial charge in [0, 0.05) is 23.0 Å². The summed E-state index contributed by atoms with van der Waals surface area (Å²) in [6.45, 7) is 1.89. The fraction of sp³-hybridized carbons (Fsp3) is 0.100. The van der Waals surface area contributed by atoms with Crippen molar-refractivity contribution in [3.05, 3.63) is 72.2 Å². The zero-order valence-corrected chi connectivity index (χ0v) is 14.4. The lowest BCUT2D eigenvalue weighted by molar-refractivity contribution is 0.262. The zero-order chi connectivity index (χ0) is 18.5. The van der Waals surface area contributed by atoms with Gasteiger partial charge in [0.15, 0.2) is 0 Å².